The van der Waals surface area contributed by atoms with E-state index in [1.54, 1.807) is 53.4 Å². The average Bonchev–Trinajstić information content (AvgIpc) is 3.32. The molecule has 31 heavy (non-hydrogen) atoms. The van der Waals surface area contributed by atoms with E-state index in [0.717, 1.165) is 11.1 Å². The third kappa shape index (κ3) is 4.65. The Balaban J connectivity index is 1.49. The molecule has 2 heterocycles. The van der Waals surface area contributed by atoms with Gasteiger partial charge in [0.15, 0.2) is 5.76 Å². The van der Waals surface area contributed by atoms with Crippen molar-refractivity contribution < 1.29 is 28.2 Å². The van der Waals surface area contributed by atoms with Gasteiger partial charge in [0, 0.05) is 12.2 Å². The Morgan fingerprint density at radius 3 is 2.52 bits per heavy atom. The highest BCUT2D eigenvalue weighted by atomic mass is 19.1. The molecule has 0 aliphatic carbocycles. The van der Waals surface area contributed by atoms with Crippen LogP contribution in [-0.2, 0) is 16.1 Å². The molecule has 1 fully saturated rings. The number of benzene rings is 2. The van der Waals surface area contributed by atoms with Crippen molar-refractivity contribution in [1.82, 2.24) is 4.90 Å². The first-order chi connectivity index (χ1) is 15.0. The van der Waals surface area contributed by atoms with Gasteiger partial charge in [-0.3, -0.25) is 9.59 Å². The summed E-state index contributed by atoms with van der Waals surface area (Å²) in [6.45, 7) is -0.185. The lowest BCUT2D eigenvalue weighted by Gasteiger charge is -2.40. The van der Waals surface area contributed by atoms with Gasteiger partial charge in [0.25, 0.3) is 5.91 Å². The fourth-order valence-electron chi connectivity index (χ4n) is 3.56. The van der Waals surface area contributed by atoms with Gasteiger partial charge in [0.1, 0.15) is 18.5 Å². The van der Waals surface area contributed by atoms with Crippen molar-refractivity contribution in [2.24, 2.45) is 0 Å². The lowest BCUT2D eigenvalue weighted by Crippen LogP contribution is -2.52. The molecule has 1 aliphatic heterocycles. The van der Waals surface area contributed by atoms with Gasteiger partial charge in [0.05, 0.1) is 18.9 Å². The van der Waals surface area contributed by atoms with Crippen molar-refractivity contribution in [3.05, 3.63) is 89.6 Å². The van der Waals surface area contributed by atoms with Crippen LogP contribution in [0.5, 0.6) is 0 Å². The second kappa shape index (κ2) is 9.11. The second-order valence-electron chi connectivity index (χ2n) is 7.18. The Hall–Kier alpha value is -3.49. The molecule has 2 amide bonds. The Kier molecular flexibility index (Phi) is 6.11. The molecule has 1 aromatic heterocycles. The summed E-state index contributed by atoms with van der Waals surface area (Å²) in [5.74, 6) is -0.763. The van der Waals surface area contributed by atoms with E-state index in [-0.39, 0.29) is 43.2 Å². The number of aliphatic hydroxyl groups excluding tert-OH is 1. The van der Waals surface area contributed by atoms with Crippen molar-refractivity contribution in [3.8, 4) is 0 Å². The van der Waals surface area contributed by atoms with E-state index in [1.807, 2.05) is 0 Å². The van der Waals surface area contributed by atoms with Crippen LogP contribution >= 0.6 is 0 Å². The van der Waals surface area contributed by atoms with Gasteiger partial charge >= 0.3 is 0 Å². The molecule has 8 heteroatoms. The highest BCUT2D eigenvalue weighted by molar-refractivity contribution is 6.02. The smallest absolute Gasteiger partial charge is 0.291 e. The van der Waals surface area contributed by atoms with Crippen molar-refractivity contribution in [2.45, 2.75) is 18.7 Å². The largest absolute Gasteiger partial charge is 0.459 e. The number of aliphatic hydroxyl groups is 1. The van der Waals surface area contributed by atoms with Crippen molar-refractivity contribution >= 4 is 17.5 Å². The van der Waals surface area contributed by atoms with Crippen LogP contribution in [0.2, 0.25) is 0 Å². The maximum absolute atomic E-state index is 13.2. The minimum absolute atomic E-state index is 0.126. The van der Waals surface area contributed by atoms with E-state index in [4.69, 9.17) is 9.15 Å². The van der Waals surface area contributed by atoms with Crippen LogP contribution in [0.1, 0.15) is 27.8 Å². The van der Waals surface area contributed by atoms with Gasteiger partial charge in [-0.25, -0.2) is 4.39 Å². The number of rotatable bonds is 6. The molecule has 0 bridgehead atoms. The highest BCUT2D eigenvalue weighted by Crippen LogP contribution is 2.31. The first-order valence-electron chi connectivity index (χ1n) is 9.76. The minimum atomic E-state index is -0.602. The molecular formula is C23H21FN2O5. The topological polar surface area (TPSA) is 92.0 Å². The number of morpholine rings is 1. The fourth-order valence-corrected chi connectivity index (χ4v) is 3.56. The summed E-state index contributed by atoms with van der Waals surface area (Å²) in [7, 11) is 0. The first-order valence-corrected chi connectivity index (χ1v) is 9.76. The van der Waals surface area contributed by atoms with E-state index in [0.29, 0.717) is 5.69 Å². The molecule has 2 atom stereocenters. The van der Waals surface area contributed by atoms with E-state index in [9.17, 15) is 19.1 Å². The van der Waals surface area contributed by atoms with Crippen LogP contribution in [0.4, 0.5) is 10.1 Å². The van der Waals surface area contributed by atoms with Gasteiger partial charge in [-0.15, -0.1) is 0 Å². The van der Waals surface area contributed by atoms with Gasteiger partial charge in [-0.1, -0.05) is 24.3 Å². The number of hydrogen-bond donors (Lipinski definition) is 2. The normalized spacial score (nSPS) is 18.8. The van der Waals surface area contributed by atoms with Gasteiger partial charge < -0.3 is 24.5 Å². The first kappa shape index (κ1) is 20.8. The molecule has 0 unspecified atom stereocenters. The molecule has 160 valence electrons. The van der Waals surface area contributed by atoms with Crippen molar-refractivity contribution in [1.29, 1.82) is 0 Å². The molecule has 0 radical (unpaired) electrons. The molecule has 2 N–H and O–H groups in total. The molecule has 7 nitrogen and oxygen atoms in total. The van der Waals surface area contributed by atoms with Crippen molar-refractivity contribution in [2.75, 3.05) is 18.5 Å². The number of furan rings is 1. The van der Waals surface area contributed by atoms with Gasteiger partial charge in [-0.05, 0) is 47.5 Å². The number of ether oxygens (including phenoxy) is 1. The fraction of sp³-hybridized carbons (Fsp3) is 0.217. The maximum Gasteiger partial charge on any atom is 0.291 e. The molecule has 0 spiro atoms. The van der Waals surface area contributed by atoms with Gasteiger partial charge in [-0.2, -0.15) is 0 Å². The summed E-state index contributed by atoms with van der Waals surface area (Å²) in [5.41, 5.74) is 2.08. The third-order valence-corrected chi connectivity index (χ3v) is 5.15. The van der Waals surface area contributed by atoms with E-state index in [2.05, 4.69) is 5.32 Å². The Bertz CT molecular complexity index is 1030. The predicted molar refractivity (Wildman–Crippen MR) is 110 cm³/mol. The number of nitrogens with zero attached hydrogens (tertiary/aromatic N) is 1. The molecule has 0 saturated carbocycles. The number of carbonyl (C=O) groups is 2. The predicted octanol–water partition coefficient (Wildman–Crippen LogP) is 3.13. The number of halogens is 1. The standard InChI is InChI=1S/C23H21FN2O5/c24-17-7-3-15(4-8-17)12-26-19(13-27)22(31-14-21(26)28)16-5-9-18(10-6-16)25-23(29)20-2-1-11-30-20/h1-11,19,22,27H,12-14H2,(H,25,29)/t19-,22-/m1/s1. The number of anilines is 1. The maximum atomic E-state index is 13.2. The summed E-state index contributed by atoms with van der Waals surface area (Å²) in [5, 5.41) is 12.7. The molecule has 3 aromatic rings. The second-order valence-corrected chi connectivity index (χ2v) is 7.18. The van der Waals surface area contributed by atoms with Crippen LogP contribution in [0.15, 0.2) is 71.3 Å². The summed E-state index contributed by atoms with van der Waals surface area (Å²) in [6, 6.07) is 15.5. The summed E-state index contributed by atoms with van der Waals surface area (Å²) in [6.07, 6.45) is 0.880. The monoisotopic (exact) mass is 424 g/mol. The molecular weight excluding hydrogens is 403 g/mol. The average molecular weight is 424 g/mol. The lowest BCUT2D eigenvalue weighted by atomic mass is 9.98. The zero-order chi connectivity index (χ0) is 21.8. The third-order valence-electron chi connectivity index (χ3n) is 5.15. The van der Waals surface area contributed by atoms with Crippen LogP contribution in [-0.4, -0.2) is 41.1 Å². The summed E-state index contributed by atoms with van der Waals surface area (Å²) in [4.78, 5) is 26.1. The zero-order valence-electron chi connectivity index (χ0n) is 16.5. The van der Waals surface area contributed by atoms with E-state index >= 15 is 0 Å². The van der Waals surface area contributed by atoms with E-state index < -0.39 is 12.1 Å². The molecule has 1 aliphatic rings. The lowest BCUT2D eigenvalue weighted by molar-refractivity contribution is -0.162. The molecule has 1 saturated heterocycles. The van der Waals surface area contributed by atoms with E-state index in [1.165, 1.54) is 18.4 Å². The Morgan fingerprint density at radius 1 is 1.13 bits per heavy atom. The van der Waals surface area contributed by atoms with Gasteiger partial charge in [0.2, 0.25) is 5.91 Å². The summed E-state index contributed by atoms with van der Waals surface area (Å²) >= 11 is 0. The molecule has 2 aromatic carbocycles. The number of carbonyl (C=O) groups excluding carboxylic acids is 2. The minimum Gasteiger partial charge on any atom is -0.459 e. The Labute approximate surface area is 178 Å². The van der Waals surface area contributed by atoms with Crippen LogP contribution in [0.25, 0.3) is 0 Å². The number of amides is 2. The number of nitrogens with one attached hydrogen (secondary N) is 1. The SMILES string of the molecule is O=C(Nc1ccc([C@H]2OCC(=O)N(Cc3ccc(F)cc3)[C@@H]2CO)cc1)c1ccco1. The quantitative estimate of drug-likeness (QED) is 0.634. The molecule has 4 rings (SSSR count). The van der Waals surface area contributed by atoms with Crippen LogP contribution < -0.4 is 5.32 Å². The highest BCUT2D eigenvalue weighted by Gasteiger charge is 2.37. The summed E-state index contributed by atoms with van der Waals surface area (Å²) < 4.78 is 24.0. The van der Waals surface area contributed by atoms with Crippen LogP contribution in [0.3, 0.4) is 0 Å². The zero-order valence-corrected chi connectivity index (χ0v) is 16.5. The van der Waals surface area contributed by atoms with Crippen molar-refractivity contribution in [3.63, 3.8) is 0 Å². The number of hydrogen-bond acceptors (Lipinski definition) is 5. The Morgan fingerprint density at radius 2 is 1.87 bits per heavy atom. The van der Waals surface area contributed by atoms with Crippen LogP contribution in [0, 0.1) is 5.82 Å².